The Labute approximate surface area is 123 Å². The van der Waals surface area contributed by atoms with Crippen LogP contribution in [0.1, 0.15) is 25.8 Å². The number of carboxylic acids is 1. The summed E-state index contributed by atoms with van der Waals surface area (Å²) in [4.78, 5) is 22.7. The van der Waals surface area contributed by atoms with Gasteiger partial charge in [0.1, 0.15) is 5.82 Å². The first-order chi connectivity index (χ1) is 9.79. The number of halogens is 1. The molecule has 0 spiro atoms. The molecule has 1 atom stereocenters. The molecule has 5 nitrogen and oxygen atoms in total. The average Bonchev–Trinajstić information content (AvgIpc) is 2.37. The first-order valence-corrected chi connectivity index (χ1v) is 6.83. The van der Waals surface area contributed by atoms with Gasteiger partial charge in [0.25, 0.3) is 0 Å². The molecule has 0 aromatic heterocycles. The number of aryl methyl sites for hydroxylation is 1. The lowest BCUT2D eigenvalue weighted by molar-refractivity contribution is -0.142. The van der Waals surface area contributed by atoms with E-state index >= 15 is 0 Å². The summed E-state index contributed by atoms with van der Waals surface area (Å²) >= 11 is 0. The molecule has 0 aliphatic heterocycles. The lowest BCUT2D eigenvalue weighted by Gasteiger charge is -2.16. The van der Waals surface area contributed by atoms with Crippen LogP contribution in [0, 0.1) is 24.6 Å². The van der Waals surface area contributed by atoms with Gasteiger partial charge in [-0.1, -0.05) is 19.9 Å². The molecular weight excluding hydrogens is 275 g/mol. The van der Waals surface area contributed by atoms with Crippen molar-refractivity contribution >= 4 is 17.7 Å². The highest BCUT2D eigenvalue weighted by Gasteiger charge is 2.19. The molecule has 116 valence electrons. The highest BCUT2D eigenvalue weighted by molar-refractivity contribution is 5.89. The van der Waals surface area contributed by atoms with Crippen LogP contribution in [0.2, 0.25) is 0 Å². The number of carbonyl (C=O) groups excluding carboxylic acids is 1. The van der Waals surface area contributed by atoms with Crippen molar-refractivity contribution in [2.45, 2.75) is 27.2 Å². The number of rotatable bonds is 6. The van der Waals surface area contributed by atoms with Crippen molar-refractivity contribution in [3.63, 3.8) is 0 Å². The molecular formula is C15H21FN2O3. The van der Waals surface area contributed by atoms with Gasteiger partial charge in [0, 0.05) is 6.54 Å². The van der Waals surface area contributed by atoms with Crippen LogP contribution in [0.4, 0.5) is 14.9 Å². The number of amides is 2. The van der Waals surface area contributed by atoms with E-state index in [0.717, 1.165) is 5.56 Å². The molecule has 6 heteroatoms. The molecule has 0 aliphatic carbocycles. The Hall–Kier alpha value is -2.11. The van der Waals surface area contributed by atoms with Gasteiger partial charge < -0.3 is 15.7 Å². The zero-order valence-corrected chi connectivity index (χ0v) is 12.4. The first kappa shape index (κ1) is 16.9. The van der Waals surface area contributed by atoms with Crippen LogP contribution in [0.5, 0.6) is 0 Å². The average molecular weight is 296 g/mol. The zero-order chi connectivity index (χ0) is 16.0. The summed E-state index contributed by atoms with van der Waals surface area (Å²) in [5, 5.41) is 13.9. The summed E-state index contributed by atoms with van der Waals surface area (Å²) in [6, 6.07) is 3.84. The third-order valence-electron chi connectivity index (χ3n) is 2.99. The van der Waals surface area contributed by atoms with Crippen LogP contribution < -0.4 is 10.6 Å². The van der Waals surface area contributed by atoms with Crippen molar-refractivity contribution in [1.82, 2.24) is 5.32 Å². The topological polar surface area (TPSA) is 78.4 Å². The molecule has 0 bridgehead atoms. The third-order valence-corrected chi connectivity index (χ3v) is 2.99. The predicted molar refractivity (Wildman–Crippen MR) is 78.7 cm³/mol. The molecule has 0 fully saturated rings. The van der Waals surface area contributed by atoms with Crippen molar-refractivity contribution in [3.8, 4) is 0 Å². The zero-order valence-electron chi connectivity index (χ0n) is 12.4. The highest BCUT2D eigenvalue weighted by Crippen LogP contribution is 2.15. The Morgan fingerprint density at radius 3 is 2.52 bits per heavy atom. The third kappa shape index (κ3) is 5.81. The summed E-state index contributed by atoms with van der Waals surface area (Å²) in [5.74, 6) is -1.92. The van der Waals surface area contributed by atoms with E-state index in [4.69, 9.17) is 5.11 Å². The van der Waals surface area contributed by atoms with E-state index < -0.39 is 23.7 Å². The Balaban J connectivity index is 2.54. The fourth-order valence-electron chi connectivity index (χ4n) is 1.94. The second-order valence-electron chi connectivity index (χ2n) is 5.48. The summed E-state index contributed by atoms with van der Waals surface area (Å²) < 4.78 is 13.6. The maximum atomic E-state index is 13.6. The van der Waals surface area contributed by atoms with Crippen LogP contribution in [0.15, 0.2) is 18.2 Å². The van der Waals surface area contributed by atoms with Crippen molar-refractivity contribution in [3.05, 3.63) is 29.6 Å². The summed E-state index contributed by atoms with van der Waals surface area (Å²) in [7, 11) is 0. The van der Waals surface area contributed by atoms with E-state index in [0.29, 0.717) is 6.42 Å². The molecule has 21 heavy (non-hydrogen) atoms. The number of nitrogens with one attached hydrogen (secondary N) is 2. The molecule has 3 N–H and O–H groups in total. The van der Waals surface area contributed by atoms with Gasteiger partial charge in [-0.15, -0.1) is 0 Å². The van der Waals surface area contributed by atoms with Crippen molar-refractivity contribution in [2.75, 3.05) is 11.9 Å². The molecule has 0 saturated carbocycles. The van der Waals surface area contributed by atoms with Gasteiger partial charge in [-0.3, -0.25) is 4.79 Å². The minimum absolute atomic E-state index is 0.00677. The largest absolute Gasteiger partial charge is 0.481 e. The fourth-order valence-corrected chi connectivity index (χ4v) is 1.94. The second kappa shape index (κ2) is 7.61. The molecule has 1 unspecified atom stereocenters. The lowest BCUT2D eigenvalue weighted by atomic mass is 9.97. The van der Waals surface area contributed by atoms with E-state index in [2.05, 4.69) is 10.6 Å². The summed E-state index contributed by atoms with van der Waals surface area (Å²) in [6.07, 6.45) is 0.467. The van der Waals surface area contributed by atoms with Crippen LogP contribution in [0.3, 0.4) is 0 Å². The highest BCUT2D eigenvalue weighted by atomic mass is 19.1. The van der Waals surface area contributed by atoms with Gasteiger partial charge in [0.15, 0.2) is 0 Å². The monoisotopic (exact) mass is 296 g/mol. The van der Waals surface area contributed by atoms with Crippen LogP contribution in [-0.4, -0.2) is 23.7 Å². The Bertz CT molecular complexity index is 518. The maximum Gasteiger partial charge on any atom is 0.319 e. The predicted octanol–water partition coefficient (Wildman–Crippen LogP) is 3.00. The van der Waals surface area contributed by atoms with Crippen LogP contribution >= 0.6 is 0 Å². The molecule has 0 radical (unpaired) electrons. The number of carbonyl (C=O) groups is 2. The fraction of sp³-hybridized carbons (Fsp3) is 0.467. The smallest absolute Gasteiger partial charge is 0.319 e. The lowest BCUT2D eigenvalue weighted by Crippen LogP contribution is -2.36. The van der Waals surface area contributed by atoms with E-state index in [-0.39, 0.29) is 18.2 Å². The van der Waals surface area contributed by atoms with E-state index in [1.165, 1.54) is 12.1 Å². The molecule has 1 rings (SSSR count). The van der Waals surface area contributed by atoms with E-state index in [1.54, 1.807) is 13.0 Å². The first-order valence-electron chi connectivity index (χ1n) is 6.83. The van der Waals surface area contributed by atoms with Crippen molar-refractivity contribution < 1.29 is 19.1 Å². The minimum atomic E-state index is -0.953. The minimum Gasteiger partial charge on any atom is -0.481 e. The standard InChI is InChI=1S/C15H21FN2O3/c1-9(2)6-11(14(19)20)8-17-15(21)18-13-5-4-10(3)7-12(13)16/h4-5,7,9,11H,6,8H2,1-3H3,(H,19,20)(H2,17,18,21). The van der Waals surface area contributed by atoms with Gasteiger partial charge in [-0.05, 0) is 37.0 Å². The van der Waals surface area contributed by atoms with E-state index in [1.807, 2.05) is 13.8 Å². The summed E-state index contributed by atoms with van der Waals surface area (Å²) in [5.41, 5.74) is 0.815. The quantitative estimate of drug-likeness (QED) is 0.755. The normalized spacial score (nSPS) is 12.0. The van der Waals surface area contributed by atoms with Crippen molar-refractivity contribution in [2.24, 2.45) is 11.8 Å². The number of benzene rings is 1. The molecule has 2 amide bonds. The number of hydrogen-bond acceptors (Lipinski definition) is 2. The molecule has 1 aromatic rings. The van der Waals surface area contributed by atoms with Gasteiger partial charge in [-0.25, -0.2) is 9.18 Å². The number of urea groups is 1. The molecule has 0 saturated heterocycles. The Morgan fingerprint density at radius 2 is 2.00 bits per heavy atom. The molecule has 1 aromatic carbocycles. The number of aliphatic carboxylic acids is 1. The summed E-state index contributed by atoms with van der Waals surface area (Å²) in [6.45, 7) is 5.58. The van der Waals surface area contributed by atoms with Crippen molar-refractivity contribution in [1.29, 1.82) is 0 Å². The Morgan fingerprint density at radius 1 is 1.33 bits per heavy atom. The van der Waals surface area contributed by atoms with Gasteiger partial charge in [0.2, 0.25) is 0 Å². The maximum absolute atomic E-state index is 13.6. The van der Waals surface area contributed by atoms with Crippen LogP contribution in [0.25, 0.3) is 0 Å². The van der Waals surface area contributed by atoms with Gasteiger partial charge in [-0.2, -0.15) is 0 Å². The van der Waals surface area contributed by atoms with Gasteiger partial charge in [0.05, 0.1) is 11.6 Å². The van der Waals surface area contributed by atoms with Gasteiger partial charge >= 0.3 is 12.0 Å². The van der Waals surface area contributed by atoms with E-state index in [9.17, 15) is 14.0 Å². The molecule has 0 heterocycles. The SMILES string of the molecule is Cc1ccc(NC(=O)NCC(CC(C)C)C(=O)O)c(F)c1. The number of hydrogen-bond donors (Lipinski definition) is 3. The van der Waals surface area contributed by atoms with Crippen LogP contribution in [-0.2, 0) is 4.79 Å². The Kier molecular flexibility index (Phi) is 6.14. The number of carboxylic acid groups (broad SMARTS) is 1. The second-order valence-corrected chi connectivity index (χ2v) is 5.48. The number of anilines is 1. The molecule has 0 aliphatic rings.